The molecule has 0 atom stereocenters. The maximum absolute atomic E-state index is 12.3. The zero-order chi connectivity index (χ0) is 12.8. The van der Waals surface area contributed by atoms with Gasteiger partial charge in [0.25, 0.3) is 0 Å². The lowest BCUT2D eigenvalue weighted by Crippen LogP contribution is -2.41. The molecule has 1 amide bonds. The first kappa shape index (κ1) is 14.7. The Morgan fingerprint density at radius 1 is 1.25 bits per heavy atom. The van der Waals surface area contributed by atoms with Crippen LogP contribution in [0.25, 0.3) is 0 Å². The lowest BCUT2D eigenvalue weighted by atomic mass is 10.2. The van der Waals surface area contributed by atoms with Crippen molar-refractivity contribution < 1.29 is 32.3 Å². The summed E-state index contributed by atoms with van der Waals surface area (Å²) in [5.74, 6) is -6.25. The number of carboxylic acids is 1. The van der Waals surface area contributed by atoms with Crippen LogP contribution in [0.4, 0.5) is 17.6 Å². The number of aliphatic carboxylic acids is 1. The van der Waals surface area contributed by atoms with Gasteiger partial charge in [-0.05, 0) is 6.42 Å². The van der Waals surface area contributed by atoms with Crippen LogP contribution in [-0.4, -0.2) is 35.9 Å². The van der Waals surface area contributed by atoms with E-state index < -0.39 is 30.8 Å². The maximum Gasteiger partial charge on any atom is 0.324 e. The van der Waals surface area contributed by atoms with Crippen LogP contribution in [0.5, 0.6) is 0 Å². The Labute approximate surface area is 88.6 Å². The Bertz CT molecular complexity index is 258. The molecular weight excluding hydrogens is 234 g/mol. The van der Waals surface area contributed by atoms with Crippen LogP contribution in [0, 0.1) is 0 Å². The van der Waals surface area contributed by atoms with Crippen LogP contribution in [0.2, 0.25) is 0 Å². The van der Waals surface area contributed by atoms with E-state index in [9.17, 15) is 27.2 Å². The van der Waals surface area contributed by atoms with Crippen LogP contribution in [0.15, 0.2) is 0 Å². The first-order valence-corrected chi connectivity index (χ1v) is 4.40. The molecule has 0 bridgehead atoms. The van der Waals surface area contributed by atoms with Crippen molar-refractivity contribution in [1.29, 1.82) is 0 Å². The van der Waals surface area contributed by atoms with Gasteiger partial charge in [0, 0.05) is 12.8 Å². The van der Waals surface area contributed by atoms with Gasteiger partial charge in [0.15, 0.2) is 0 Å². The number of hydrogen-bond acceptors (Lipinski definition) is 2. The molecule has 0 heterocycles. The van der Waals surface area contributed by atoms with Crippen molar-refractivity contribution in [3.8, 4) is 0 Å². The highest BCUT2D eigenvalue weighted by molar-refractivity contribution is 5.76. The van der Waals surface area contributed by atoms with E-state index in [1.165, 1.54) is 0 Å². The molecule has 16 heavy (non-hydrogen) atoms. The second kappa shape index (κ2) is 6.29. The molecule has 0 aliphatic rings. The molecule has 0 fully saturated rings. The van der Waals surface area contributed by atoms with Crippen molar-refractivity contribution in [3.05, 3.63) is 0 Å². The molecule has 0 radical (unpaired) electrons. The van der Waals surface area contributed by atoms with Crippen LogP contribution in [0.3, 0.4) is 0 Å². The van der Waals surface area contributed by atoms with Crippen LogP contribution in [0.1, 0.15) is 19.3 Å². The quantitative estimate of drug-likeness (QED) is 0.663. The predicted molar refractivity (Wildman–Crippen MR) is 45.4 cm³/mol. The highest BCUT2D eigenvalue weighted by atomic mass is 19.3. The second-order valence-electron chi connectivity index (χ2n) is 3.09. The Hall–Kier alpha value is -1.34. The molecule has 0 unspecified atom stereocenters. The molecule has 0 aromatic rings. The van der Waals surface area contributed by atoms with E-state index in [2.05, 4.69) is 0 Å². The SMILES string of the molecule is O=C(O)CCCC(=O)NCC(F)(F)C(F)F. The first-order valence-electron chi connectivity index (χ1n) is 4.40. The molecule has 2 N–H and O–H groups in total. The van der Waals surface area contributed by atoms with Gasteiger partial charge in [-0.15, -0.1) is 0 Å². The van der Waals surface area contributed by atoms with Crippen molar-refractivity contribution in [2.45, 2.75) is 31.6 Å². The van der Waals surface area contributed by atoms with Crippen molar-refractivity contribution >= 4 is 11.9 Å². The molecule has 94 valence electrons. The molecule has 0 aliphatic heterocycles. The Morgan fingerprint density at radius 2 is 1.81 bits per heavy atom. The van der Waals surface area contributed by atoms with Crippen molar-refractivity contribution in [3.63, 3.8) is 0 Å². The van der Waals surface area contributed by atoms with E-state index in [0.717, 1.165) is 0 Å². The largest absolute Gasteiger partial charge is 0.481 e. The molecule has 4 nitrogen and oxygen atoms in total. The zero-order valence-electron chi connectivity index (χ0n) is 8.18. The highest BCUT2D eigenvalue weighted by Crippen LogP contribution is 2.21. The number of rotatable bonds is 7. The lowest BCUT2D eigenvalue weighted by molar-refractivity contribution is -0.138. The fourth-order valence-electron chi connectivity index (χ4n) is 0.782. The molecule has 0 saturated carbocycles. The maximum atomic E-state index is 12.3. The monoisotopic (exact) mass is 245 g/mol. The number of alkyl halides is 4. The summed E-state index contributed by atoms with van der Waals surface area (Å²) in [6.07, 6.45) is -4.43. The van der Waals surface area contributed by atoms with Crippen LogP contribution < -0.4 is 5.32 Å². The van der Waals surface area contributed by atoms with Crippen LogP contribution >= 0.6 is 0 Å². The summed E-state index contributed by atoms with van der Waals surface area (Å²) in [5, 5.41) is 9.82. The molecule has 0 rings (SSSR count). The van der Waals surface area contributed by atoms with E-state index in [-0.39, 0.29) is 19.3 Å². The Kier molecular flexibility index (Phi) is 5.76. The van der Waals surface area contributed by atoms with Crippen molar-refractivity contribution in [2.75, 3.05) is 6.54 Å². The minimum absolute atomic E-state index is 0.0264. The fourth-order valence-corrected chi connectivity index (χ4v) is 0.782. The van der Waals surface area contributed by atoms with Gasteiger partial charge < -0.3 is 10.4 Å². The minimum atomic E-state index is -4.26. The Balaban J connectivity index is 3.77. The van der Waals surface area contributed by atoms with Gasteiger partial charge in [-0.3, -0.25) is 9.59 Å². The number of carboxylic acid groups (broad SMARTS) is 1. The normalized spacial score (nSPS) is 11.6. The van der Waals surface area contributed by atoms with Gasteiger partial charge in [0.2, 0.25) is 5.91 Å². The van der Waals surface area contributed by atoms with Gasteiger partial charge in [0.1, 0.15) is 0 Å². The summed E-state index contributed by atoms with van der Waals surface area (Å²) in [6, 6.07) is 0. The van der Waals surface area contributed by atoms with Crippen LogP contribution in [-0.2, 0) is 9.59 Å². The summed E-state index contributed by atoms with van der Waals surface area (Å²) in [7, 11) is 0. The lowest BCUT2D eigenvalue weighted by Gasteiger charge is -2.15. The summed E-state index contributed by atoms with van der Waals surface area (Å²) in [4.78, 5) is 20.8. The number of hydrogen-bond donors (Lipinski definition) is 2. The second-order valence-corrected chi connectivity index (χ2v) is 3.09. The van der Waals surface area contributed by atoms with E-state index in [4.69, 9.17) is 5.11 Å². The van der Waals surface area contributed by atoms with E-state index >= 15 is 0 Å². The summed E-state index contributed by atoms with van der Waals surface area (Å²) in [6.45, 7) is -1.45. The van der Waals surface area contributed by atoms with Gasteiger partial charge in [-0.1, -0.05) is 0 Å². The third kappa shape index (κ3) is 6.20. The first-order chi connectivity index (χ1) is 7.25. The predicted octanol–water partition coefficient (Wildman–Crippen LogP) is 1.26. The molecule has 0 aromatic carbocycles. The minimum Gasteiger partial charge on any atom is -0.481 e. The Morgan fingerprint density at radius 3 is 2.25 bits per heavy atom. The highest BCUT2D eigenvalue weighted by Gasteiger charge is 2.40. The average molecular weight is 245 g/mol. The molecule has 0 aliphatic carbocycles. The number of nitrogens with one attached hydrogen (secondary N) is 1. The average Bonchev–Trinajstić information content (AvgIpc) is 2.14. The number of carbonyl (C=O) groups is 2. The van der Waals surface area contributed by atoms with E-state index in [1.807, 2.05) is 0 Å². The molecule has 0 aromatic heterocycles. The van der Waals surface area contributed by atoms with Gasteiger partial charge in [-0.2, -0.15) is 8.78 Å². The third-order valence-electron chi connectivity index (χ3n) is 1.63. The number of amides is 1. The standard InChI is InChI=1S/C8H11F4NO3/c9-7(10)8(11,12)4-13-5(14)2-1-3-6(15)16/h7H,1-4H2,(H,13,14)(H,15,16). The smallest absolute Gasteiger partial charge is 0.324 e. The molecule has 8 heteroatoms. The summed E-state index contributed by atoms with van der Waals surface area (Å²) >= 11 is 0. The number of halogens is 4. The van der Waals surface area contributed by atoms with E-state index in [1.54, 1.807) is 5.32 Å². The van der Waals surface area contributed by atoms with Gasteiger partial charge in [0.05, 0.1) is 6.54 Å². The fraction of sp³-hybridized carbons (Fsp3) is 0.750. The molecule has 0 spiro atoms. The van der Waals surface area contributed by atoms with Crippen molar-refractivity contribution in [1.82, 2.24) is 5.32 Å². The van der Waals surface area contributed by atoms with Crippen molar-refractivity contribution in [2.24, 2.45) is 0 Å². The molecular formula is C8H11F4NO3. The van der Waals surface area contributed by atoms with Gasteiger partial charge in [-0.25, -0.2) is 8.78 Å². The zero-order valence-corrected chi connectivity index (χ0v) is 8.18. The molecule has 0 saturated heterocycles. The topological polar surface area (TPSA) is 66.4 Å². The summed E-state index contributed by atoms with van der Waals surface area (Å²) in [5.41, 5.74) is 0. The summed E-state index contributed by atoms with van der Waals surface area (Å²) < 4.78 is 47.9. The van der Waals surface area contributed by atoms with E-state index in [0.29, 0.717) is 0 Å². The third-order valence-corrected chi connectivity index (χ3v) is 1.63. The number of carbonyl (C=O) groups excluding carboxylic acids is 1. The van der Waals surface area contributed by atoms with Gasteiger partial charge >= 0.3 is 18.3 Å².